The van der Waals surface area contributed by atoms with Gasteiger partial charge in [0.25, 0.3) is 0 Å². The van der Waals surface area contributed by atoms with Gasteiger partial charge in [-0.1, -0.05) is 38.1 Å². The normalized spacial score (nSPS) is 11.0. The van der Waals surface area contributed by atoms with E-state index < -0.39 is 11.8 Å². The first-order valence-electron chi connectivity index (χ1n) is 9.81. The summed E-state index contributed by atoms with van der Waals surface area (Å²) in [6.45, 7) is 7.66. The zero-order valence-electron chi connectivity index (χ0n) is 16.8. The van der Waals surface area contributed by atoms with Gasteiger partial charge >= 0.3 is 11.8 Å². The molecule has 7 heteroatoms. The van der Waals surface area contributed by atoms with Gasteiger partial charge in [-0.05, 0) is 36.7 Å². The number of carbonyl (C=O) groups is 2. The van der Waals surface area contributed by atoms with Crippen LogP contribution in [0.15, 0.2) is 54.0 Å². The highest BCUT2D eigenvalue weighted by molar-refractivity contribution is 7.09. The first-order chi connectivity index (χ1) is 14.1. The summed E-state index contributed by atoms with van der Waals surface area (Å²) in [4.78, 5) is 35.0. The van der Waals surface area contributed by atoms with E-state index in [1.165, 1.54) is 0 Å². The number of benzene rings is 1. The number of carbonyl (C=O) groups excluding carboxylic acids is 2. The average Bonchev–Trinajstić information content (AvgIpc) is 3.26. The summed E-state index contributed by atoms with van der Waals surface area (Å²) in [6.07, 6.45) is 1.67. The molecule has 29 heavy (non-hydrogen) atoms. The van der Waals surface area contributed by atoms with Crippen LogP contribution in [0.5, 0.6) is 0 Å². The third-order valence-corrected chi connectivity index (χ3v) is 5.73. The van der Waals surface area contributed by atoms with Crippen LogP contribution in [0.25, 0.3) is 10.9 Å². The number of likely N-dealkylation sites (N-methyl/N-ethyl adjacent to an activating group) is 1. The second-order valence-electron chi connectivity index (χ2n) is 6.67. The number of hydrogen-bond donors (Lipinski definition) is 1. The minimum absolute atomic E-state index is 0.430. The number of hydrogen-bond acceptors (Lipinski definition) is 5. The molecule has 0 aliphatic heterocycles. The van der Waals surface area contributed by atoms with Crippen molar-refractivity contribution in [2.24, 2.45) is 0 Å². The van der Waals surface area contributed by atoms with E-state index in [1.54, 1.807) is 28.5 Å². The topological polar surface area (TPSA) is 65.5 Å². The second kappa shape index (κ2) is 10.1. The van der Waals surface area contributed by atoms with Gasteiger partial charge in [0.15, 0.2) is 0 Å². The molecule has 0 fully saturated rings. The molecule has 0 bridgehead atoms. The third kappa shape index (κ3) is 5.40. The highest BCUT2D eigenvalue weighted by Gasteiger charge is 2.23. The molecule has 0 radical (unpaired) electrons. The summed E-state index contributed by atoms with van der Waals surface area (Å²) in [5.74, 6) is -1.17. The highest BCUT2D eigenvalue weighted by atomic mass is 32.1. The number of amides is 2. The van der Waals surface area contributed by atoms with E-state index in [2.05, 4.69) is 29.0 Å². The van der Waals surface area contributed by atoms with Gasteiger partial charge in [0.2, 0.25) is 0 Å². The van der Waals surface area contributed by atoms with Crippen molar-refractivity contribution >= 4 is 39.7 Å². The van der Waals surface area contributed by atoms with E-state index in [9.17, 15) is 9.59 Å². The van der Waals surface area contributed by atoms with E-state index >= 15 is 0 Å². The van der Waals surface area contributed by atoms with Crippen LogP contribution in [-0.4, -0.2) is 52.8 Å². The van der Waals surface area contributed by atoms with Crippen LogP contribution >= 0.6 is 11.3 Å². The van der Waals surface area contributed by atoms with Crippen molar-refractivity contribution in [3.8, 4) is 0 Å². The molecule has 0 atom stereocenters. The molecule has 152 valence electrons. The molecule has 3 aromatic rings. The molecular weight excluding hydrogens is 384 g/mol. The largest absolute Gasteiger partial charge is 0.328 e. The van der Waals surface area contributed by atoms with E-state index in [0.29, 0.717) is 24.3 Å². The van der Waals surface area contributed by atoms with Crippen molar-refractivity contribution in [2.75, 3.05) is 31.5 Å². The Labute approximate surface area is 175 Å². The fourth-order valence-corrected chi connectivity index (χ4v) is 3.89. The molecule has 0 saturated heterocycles. The van der Waals surface area contributed by atoms with Crippen LogP contribution < -0.4 is 5.32 Å². The van der Waals surface area contributed by atoms with Gasteiger partial charge in [0.1, 0.15) is 0 Å². The van der Waals surface area contributed by atoms with Crippen LogP contribution in [0.1, 0.15) is 18.7 Å². The maximum atomic E-state index is 13.0. The lowest BCUT2D eigenvalue weighted by molar-refractivity contribution is -0.143. The molecule has 2 heterocycles. The molecule has 0 aliphatic carbocycles. The van der Waals surface area contributed by atoms with Crippen LogP contribution in [0.4, 0.5) is 5.69 Å². The van der Waals surface area contributed by atoms with Gasteiger partial charge in [0, 0.05) is 29.5 Å². The molecule has 0 unspecified atom stereocenters. The molecular formula is C22H26N4O2S. The zero-order chi connectivity index (χ0) is 20.6. The summed E-state index contributed by atoms with van der Waals surface area (Å²) >= 11 is 1.58. The molecule has 2 aromatic heterocycles. The third-order valence-electron chi connectivity index (χ3n) is 4.87. The lowest BCUT2D eigenvalue weighted by Crippen LogP contribution is -2.43. The molecule has 0 aliphatic rings. The standard InChI is InChI=1S/C22H26N4O2S/c1-3-25(4-2)13-14-26(16-18-10-7-15-29-18)22(28)21(27)24-19-11-5-8-17-9-6-12-23-20(17)19/h5-12,15H,3-4,13-14,16H2,1-2H3,(H,24,27). The van der Waals surface area contributed by atoms with Crippen LogP contribution in [0.2, 0.25) is 0 Å². The van der Waals surface area contributed by atoms with Crippen LogP contribution in [0, 0.1) is 0 Å². The lowest BCUT2D eigenvalue weighted by Gasteiger charge is -2.25. The highest BCUT2D eigenvalue weighted by Crippen LogP contribution is 2.21. The molecule has 2 amide bonds. The Morgan fingerprint density at radius 2 is 1.83 bits per heavy atom. The molecule has 6 nitrogen and oxygen atoms in total. The van der Waals surface area contributed by atoms with Gasteiger partial charge in [0.05, 0.1) is 17.7 Å². The number of rotatable bonds is 8. The predicted octanol–water partition coefficient (Wildman–Crippen LogP) is 3.61. The number of pyridine rings is 1. The van der Waals surface area contributed by atoms with Gasteiger partial charge in [-0.25, -0.2) is 0 Å². The molecule has 3 rings (SSSR count). The zero-order valence-corrected chi connectivity index (χ0v) is 17.6. The Balaban J connectivity index is 1.75. The Hall–Kier alpha value is -2.77. The van der Waals surface area contributed by atoms with Crippen molar-refractivity contribution in [3.05, 3.63) is 58.9 Å². The monoisotopic (exact) mass is 410 g/mol. The number of nitrogens with zero attached hydrogens (tertiary/aromatic N) is 3. The van der Waals surface area contributed by atoms with Crippen molar-refractivity contribution in [1.82, 2.24) is 14.8 Å². The van der Waals surface area contributed by atoms with Crippen LogP contribution in [0.3, 0.4) is 0 Å². The fourth-order valence-electron chi connectivity index (χ4n) is 3.17. The quantitative estimate of drug-likeness (QED) is 0.576. The van der Waals surface area contributed by atoms with Gasteiger partial charge in [-0.15, -0.1) is 11.3 Å². The first kappa shape index (κ1) is 21.0. The predicted molar refractivity (Wildman–Crippen MR) is 118 cm³/mol. The maximum absolute atomic E-state index is 13.0. The van der Waals surface area contributed by atoms with Gasteiger partial charge in [-0.2, -0.15) is 0 Å². The smallest absolute Gasteiger partial charge is 0.313 e. The Bertz CT molecular complexity index is 949. The number of anilines is 1. The van der Waals surface area contributed by atoms with E-state index in [4.69, 9.17) is 0 Å². The number of thiophene rings is 1. The van der Waals surface area contributed by atoms with Crippen molar-refractivity contribution in [1.29, 1.82) is 0 Å². The minimum Gasteiger partial charge on any atom is -0.328 e. The Morgan fingerprint density at radius 1 is 1.03 bits per heavy atom. The van der Waals surface area contributed by atoms with Gasteiger partial charge < -0.3 is 15.1 Å². The van der Waals surface area contributed by atoms with Crippen molar-refractivity contribution in [3.63, 3.8) is 0 Å². The summed E-state index contributed by atoms with van der Waals surface area (Å²) < 4.78 is 0. The minimum atomic E-state index is -0.640. The summed E-state index contributed by atoms with van der Waals surface area (Å²) in [5, 5.41) is 5.65. The average molecular weight is 411 g/mol. The van der Waals surface area contributed by atoms with Crippen LogP contribution in [-0.2, 0) is 16.1 Å². The van der Waals surface area contributed by atoms with E-state index in [-0.39, 0.29) is 0 Å². The first-order valence-corrected chi connectivity index (χ1v) is 10.7. The Morgan fingerprint density at radius 3 is 2.55 bits per heavy atom. The molecule has 1 aromatic carbocycles. The lowest BCUT2D eigenvalue weighted by atomic mass is 10.2. The summed E-state index contributed by atoms with van der Waals surface area (Å²) in [6, 6.07) is 13.2. The van der Waals surface area contributed by atoms with Crippen molar-refractivity contribution < 1.29 is 9.59 Å². The van der Waals surface area contributed by atoms with Gasteiger partial charge in [-0.3, -0.25) is 14.6 Å². The Kier molecular flexibility index (Phi) is 7.32. The maximum Gasteiger partial charge on any atom is 0.313 e. The molecule has 0 spiro atoms. The number of para-hydroxylation sites is 1. The summed E-state index contributed by atoms with van der Waals surface area (Å²) in [7, 11) is 0. The summed E-state index contributed by atoms with van der Waals surface area (Å²) in [5.41, 5.74) is 1.21. The van der Waals surface area contributed by atoms with Crippen molar-refractivity contribution in [2.45, 2.75) is 20.4 Å². The number of nitrogens with one attached hydrogen (secondary N) is 1. The SMILES string of the molecule is CCN(CC)CCN(Cc1cccs1)C(=O)C(=O)Nc1cccc2cccnc12. The molecule has 1 N–H and O–H groups in total. The molecule has 0 saturated carbocycles. The van der Waals surface area contributed by atoms with E-state index in [0.717, 1.165) is 29.9 Å². The fraction of sp³-hybridized carbons (Fsp3) is 0.318. The number of fused-ring (bicyclic) bond motifs is 1. The number of aromatic nitrogens is 1. The van der Waals surface area contributed by atoms with E-state index in [1.807, 2.05) is 41.8 Å². The second-order valence-corrected chi connectivity index (χ2v) is 7.70.